The quantitative estimate of drug-likeness (QED) is 0.779. The van der Waals surface area contributed by atoms with E-state index in [1.54, 1.807) is 11.0 Å². The summed E-state index contributed by atoms with van der Waals surface area (Å²) in [6.45, 7) is 0.522. The summed E-state index contributed by atoms with van der Waals surface area (Å²) in [6, 6.07) is -0.0769. The predicted octanol–water partition coefficient (Wildman–Crippen LogP) is 0.0879. The summed E-state index contributed by atoms with van der Waals surface area (Å²) in [7, 11) is 0. The van der Waals surface area contributed by atoms with Crippen molar-refractivity contribution >= 4 is 5.91 Å². The van der Waals surface area contributed by atoms with E-state index in [9.17, 15) is 9.90 Å². The van der Waals surface area contributed by atoms with Crippen LogP contribution >= 0.6 is 0 Å². The lowest BCUT2D eigenvalue weighted by Crippen LogP contribution is -2.45. The number of hydrogen-bond acceptors (Lipinski definition) is 4. The van der Waals surface area contributed by atoms with Crippen LogP contribution in [0.4, 0.5) is 0 Å². The smallest absolute Gasteiger partial charge is 0.222 e. The van der Waals surface area contributed by atoms with Gasteiger partial charge in [0.1, 0.15) is 12.7 Å². The standard InChI is InChI=1S/C11H18N4O2/c16-10-4-2-1-3-9(10)14-11(17)5-6-15-8-12-7-13-15/h7-10,16H,1-6H2,(H,14,17)/t9-,10-/m1/s1. The molecule has 1 aliphatic rings. The van der Waals surface area contributed by atoms with Crippen molar-refractivity contribution in [1.29, 1.82) is 0 Å². The molecule has 1 heterocycles. The topological polar surface area (TPSA) is 80.0 Å². The highest BCUT2D eigenvalue weighted by atomic mass is 16.3. The van der Waals surface area contributed by atoms with Gasteiger partial charge in [0.25, 0.3) is 0 Å². The fourth-order valence-corrected chi connectivity index (χ4v) is 2.12. The van der Waals surface area contributed by atoms with Gasteiger partial charge in [-0.25, -0.2) is 4.98 Å². The summed E-state index contributed by atoms with van der Waals surface area (Å²) in [4.78, 5) is 15.5. The minimum atomic E-state index is -0.390. The summed E-state index contributed by atoms with van der Waals surface area (Å²) in [5.41, 5.74) is 0. The van der Waals surface area contributed by atoms with Gasteiger partial charge in [0.05, 0.1) is 18.7 Å². The number of aliphatic hydroxyl groups excluding tert-OH is 1. The van der Waals surface area contributed by atoms with Crippen LogP contribution in [-0.2, 0) is 11.3 Å². The molecule has 1 aromatic rings. The average molecular weight is 238 g/mol. The number of carbonyl (C=O) groups is 1. The maximum absolute atomic E-state index is 11.7. The Morgan fingerprint density at radius 2 is 2.29 bits per heavy atom. The second-order valence-corrected chi connectivity index (χ2v) is 4.43. The van der Waals surface area contributed by atoms with E-state index in [2.05, 4.69) is 15.4 Å². The van der Waals surface area contributed by atoms with Crippen LogP contribution in [-0.4, -0.2) is 37.9 Å². The van der Waals surface area contributed by atoms with Crippen LogP contribution in [0.15, 0.2) is 12.7 Å². The van der Waals surface area contributed by atoms with Crippen LogP contribution in [0, 0.1) is 0 Å². The maximum atomic E-state index is 11.7. The molecule has 2 N–H and O–H groups in total. The summed E-state index contributed by atoms with van der Waals surface area (Å²) in [6.07, 6.45) is 6.79. The van der Waals surface area contributed by atoms with E-state index in [4.69, 9.17) is 0 Å². The number of aliphatic hydroxyl groups is 1. The molecule has 6 nitrogen and oxygen atoms in total. The van der Waals surface area contributed by atoms with Crippen LogP contribution in [0.25, 0.3) is 0 Å². The minimum Gasteiger partial charge on any atom is -0.391 e. The number of hydrogen-bond donors (Lipinski definition) is 2. The van der Waals surface area contributed by atoms with E-state index in [-0.39, 0.29) is 18.1 Å². The van der Waals surface area contributed by atoms with Gasteiger partial charge in [0, 0.05) is 6.42 Å². The van der Waals surface area contributed by atoms with E-state index < -0.39 is 0 Å². The first kappa shape index (κ1) is 12.0. The van der Waals surface area contributed by atoms with Crippen LogP contribution in [0.2, 0.25) is 0 Å². The van der Waals surface area contributed by atoms with Gasteiger partial charge in [0.15, 0.2) is 0 Å². The fraction of sp³-hybridized carbons (Fsp3) is 0.727. The normalized spacial score (nSPS) is 24.5. The summed E-state index contributed by atoms with van der Waals surface area (Å²) < 4.78 is 1.62. The first-order valence-electron chi connectivity index (χ1n) is 6.05. The zero-order chi connectivity index (χ0) is 12.1. The van der Waals surface area contributed by atoms with E-state index in [0.717, 1.165) is 25.7 Å². The highest BCUT2D eigenvalue weighted by Gasteiger charge is 2.24. The molecule has 0 saturated heterocycles. The molecular formula is C11H18N4O2. The van der Waals surface area contributed by atoms with E-state index >= 15 is 0 Å². The molecule has 1 aromatic heterocycles. The molecule has 1 amide bonds. The van der Waals surface area contributed by atoms with Crippen LogP contribution < -0.4 is 5.32 Å². The van der Waals surface area contributed by atoms with Crippen LogP contribution in [0.5, 0.6) is 0 Å². The minimum absolute atomic E-state index is 0.0357. The molecule has 2 atom stereocenters. The van der Waals surface area contributed by atoms with Gasteiger partial charge in [-0.2, -0.15) is 5.10 Å². The molecule has 0 aliphatic heterocycles. The molecule has 6 heteroatoms. The largest absolute Gasteiger partial charge is 0.391 e. The first-order chi connectivity index (χ1) is 8.25. The Balaban J connectivity index is 1.73. The third kappa shape index (κ3) is 3.52. The lowest BCUT2D eigenvalue weighted by atomic mass is 9.92. The Morgan fingerprint density at radius 1 is 1.47 bits per heavy atom. The summed E-state index contributed by atoms with van der Waals surface area (Å²) in [5.74, 6) is -0.0357. The van der Waals surface area contributed by atoms with Crippen molar-refractivity contribution in [3.8, 4) is 0 Å². The van der Waals surface area contributed by atoms with E-state index in [1.165, 1.54) is 6.33 Å². The van der Waals surface area contributed by atoms with Gasteiger partial charge >= 0.3 is 0 Å². The fourth-order valence-electron chi connectivity index (χ4n) is 2.12. The van der Waals surface area contributed by atoms with Gasteiger partial charge in [-0.3, -0.25) is 9.48 Å². The predicted molar refractivity (Wildman–Crippen MR) is 61.0 cm³/mol. The Hall–Kier alpha value is -1.43. The van der Waals surface area contributed by atoms with E-state index in [0.29, 0.717) is 13.0 Å². The van der Waals surface area contributed by atoms with Crippen molar-refractivity contribution in [3.05, 3.63) is 12.7 Å². The van der Waals surface area contributed by atoms with Crippen molar-refractivity contribution in [1.82, 2.24) is 20.1 Å². The van der Waals surface area contributed by atoms with Crippen molar-refractivity contribution in [2.75, 3.05) is 0 Å². The molecule has 0 radical (unpaired) electrons. The Morgan fingerprint density at radius 3 is 3.00 bits per heavy atom. The number of carbonyl (C=O) groups excluding carboxylic acids is 1. The number of amides is 1. The highest BCUT2D eigenvalue weighted by Crippen LogP contribution is 2.18. The molecule has 17 heavy (non-hydrogen) atoms. The molecule has 94 valence electrons. The molecule has 1 fully saturated rings. The average Bonchev–Trinajstić information content (AvgIpc) is 2.82. The van der Waals surface area contributed by atoms with Crippen molar-refractivity contribution in [3.63, 3.8) is 0 Å². The third-order valence-corrected chi connectivity index (χ3v) is 3.11. The SMILES string of the molecule is O=C(CCn1cncn1)N[C@@H]1CCCC[C@H]1O. The van der Waals surface area contributed by atoms with Gasteiger partial charge in [0.2, 0.25) is 5.91 Å². The van der Waals surface area contributed by atoms with Gasteiger partial charge in [-0.05, 0) is 12.8 Å². The van der Waals surface area contributed by atoms with Crippen molar-refractivity contribution < 1.29 is 9.90 Å². The third-order valence-electron chi connectivity index (χ3n) is 3.11. The molecule has 0 bridgehead atoms. The zero-order valence-electron chi connectivity index (χ0n) is 9.75. The lowest BCUT2D eigenvalue weighted by molar-refractivity contribution is -0.123. The molecule has 1 aliphatic carbocycles. The van der Waals surface area contributed by atoms with E-state index in [1.807, 2.05) is 0 Å². The Bertz CT molecular complexity index is 352. The maximum Gasteiger partial charge on any atom is 0.222 e. The summed E-state index contributed by atoms with van der Waals surface area (Å²) >= 11 is 0. The van der Waals surface area contributed by atoms with Crippen molar-refractivity contribution in [2.24, 2.45) is 0 Å². The van der Waals surface area contributed by atoms with Gasteiger partial charge in [-0.1, -0.05) is 12.8 Å². The van der Waals surface area contributed by atoms with Gasteiger partial charge in [-0.15, -0.1) is 0 Å². The highest BCUT2D eigenvalue weighted by molar-refractivity contribution is 5.76. The van der Waals surface area contributed by atoms with Crippen LogP contribution in [0.1, 0.15) is 32.1 Å². The lowest BCUT2D eigenvalue weighted by Gasteiger charge is -2.28. The van der Waals surface area contributed by atoms with Crippen molar-refractivity contribution in [2.45, 2.75) is 50.8 Å². The second kappa shape index (κ2) is 5.77. The molecular weight excluding hydrogens is 220 g/mol. The summed E-state index contributed by atoms with van der Waals surface area (Å²) in [5, 5.41) is 16.5. The Labute approximate surface area is 100 Å². The van der Waals surface area contributed by atoms with Crippen LogP contribution in [0.3, 0.4) is 0 Å². The number of aromatic nitrogens is 3. The number of nitrogens with one attached hydrogen (secondary N) is 1. The molecule has 0 spiro atoms. The Kier molecular flexibility index (Phi) is 4.08. The van der Waals surface area contributed by atoms with Gasteiger partial charge < -0.3 is 10.4 Å². The number of aryl methyl sites for hydroxylation is 1. The first-order valence-corrected chi connectivity index (χ1v) is 6.05. The molecule has 2 rings (SSSR count). The molecule has 0 unspecified atom stereocenters. The monoisotopic (exact) mass is 238 g/mol. The second-order valence-electron chi connectivity index (χ2n) is 4.43. The zero-order valence-corrected chi connectivity index (χ0v) is 9.75. The number of rotatable bonds is 4. The number of nitrogens with zero attached hydrogens (tertiary/aromatic N) is 3. The molecule has 1 saturated carbocycles. The molecule has 0 aromatic carbocycles.